The number of benzene rings is 3. The summed E-state index contributed by atoms with van der Waals surface area (Å²) in [6, 6.07) is 21.7. The summed E-state index contributed by atoms with van der Waals surface area (Å²) in [6.07, 6.45) is 0.274. The van der Waals surface area contributed by atoms with Gasteiger partial charge in [0.1, 0.15) is 18.4 Å². The van der Waals surface area contributed by atoms with E-state index in [-0.39, 0.29) is 12.3 Å². The zero-order valence-corrected chi connectivity index (χ0v) is 20.0. The molecular formula is C24H21Br2NO4. The molecule has 0 radical (unpaired) electrons. The van der Waals surface area contributed by atoms with Crippen molar-refractivity contribution in [2.75, 3.05) is 7.11 Å². The Morgan fingerprint density at radius 2 is 1.58 bits per heavy atom. The van der Waals surface area contributed by atoms with E-state index in [1.54, 1.807) is 12.1 Å². The Balaban J connectivity index is 1.70. The molecule has 160 valence electrons. The number of nitrogens with one attached hydrogen (secondary N) is 1. The number of hydrogen-bond acceptors (Lipinski definition) is 4. The molecule has 0 bridgehead atoms. The van der Waals surface area contributed by atoms with Crippen molar-refractivity contribution >= 4 is 43.7 Å². The summed E-state index contributed by atoms with van der Waals surface area (Å²) >= 11 is 6.74. The van der Waals surface area contributed by atoms with Crippen molar-refractivity contribution in [2.24, 2.45) is 0 Å². The van der Waals surface area contributed by atoms with Crippen molar-refractivity contribution in [3.63, 3.8) is 0 Å². The van der Waals surface area contributed by atoms with E-state index in [4.69, 9.17) is 9.47 Å². The second-order valence-corrected chi connectivity index (χ2v) is 8.66. The Bertz CT molecular complexity index is 1040. The van der Waals surface area contributed by atoms with Gasteiger partial charge in [0.05, 0.1) is 7.11 Å². The van der Waals surface area contributed by atoms with Gasteiger partial charge >= 0.3 is 5.97 Å². The van der Waals surface area contributed by atoms with E-state index < -0.39 is 12.0 Å². The van der Waals surface area contributed by atoms with Crippen molar-refractivity contribution < 1.29 is 19.1 Å². The first-order valence-electron chi connectivity index (χ1n) is 9.55. The molecule has 1 atom stereocenters. The third kappa shape index (κ3) is 6.94. The van der Waals surface area contributed by atoms with Crippen LogP contribution in [0.5, 0.6) is 5.75 Å². The summed E-state index contributed by atoms with van der Waals surface area (Å²) in [5.74, 6) is -0.195. The van der Waals surface area contributed by atoms with Crippen LogP contribution in [0.25, 0.3) is 0 Å². The smallest absolute Gasteiger partial charge is 0.328 e. The lowest BCUT2D eigenvalue weighted by atomic mass is 10.0. The van der Waals surface area contributed by atoms with Gasteiger partial charge in [-0.15, -0.1) is 0 Å². The lowest BCUT2D eigenvalue weighted by Gasteiger charge is -2.17. The topological polar surface area (TPSA) is 64.6 Å². The van der Waals surface area contributed by atoms with Gasteiger partial charge in [-0.25, -0.2) is 4.79 Å². The van der Waals surface area contributed by atoms with Crippen LogP contribution in [-0.2, 0) is 22.6 Å². The predicted molar refractivity (Wildman–Crippen MR) is 126 cm³/mol. The van der Waals surface area contributed by atoms with Crippen LogP contribution >= 0.6 is 31.9 Å². The molecule has 0 heterocycles. The molecule has 7 heteroatoms. The second-order valence-electron chi connectivity index (χ2n) is 6.83. The van der Waals surface area contributed by atoms with Gasteiger partial charge in [-0.1, -0.05) is 74.3 Å². The van der Waals surface area contributed by atoms with Gasteiger partial charge < -0.3 is 14.8 Å². The minimum atomic E-state index is -0.834. The number of ether oxygens (including phenoxy) is 2. The van der Waals surface area contributed by atoms with E-state index in [0.717, 1.165) is 20.1 Å². The highest BCUT2D eigenvalue weighted by Gasteiger charge is 2.23. The van der Waals surface area contributed by atoms with Gasteiger partial charge in [-0.2, -0.15) is 0 Å². The summed E-state index contributed by atoms with van der Waals surface area (Å²) in [5.41, 5.74) is 2.33. The Kier molecular flexibility index (Phi) is 8.26. The van der Waals surface area contributed by atoms with E-state index in [0.29, 0.717) is 17.9 Å². The first-order chi connectivity index (χ1) is 14.9. The summed E-state index contributed by atoms with van der Waals surface area (Å²) in [4.78, 5) is 25.0. The molecule has 1 amide bonds. The summed E-state index contributed by atoms with van der Waals surface area (Å²) in [7, 11) is 1.30. The lowest BCUT2D eigenvalue weighted by molar-refractivity contribution is -0.142. The number of carbonyl (C=O) groups is 2. The van der Waals surface area contributed by atoms with Crippen LogP contribution in [0.4, 0.5) is 0 Å². The van der Waals surface area contributed by atoms with Crippen LogP contribution < -0.4 is 10.1 Å². The molecule has 3 rings (SSSR count). The lowest BCUT2D eigenvalue weighted by Crippen LogP contribution is -2.43. The third-order valence-corrected chi connectivity index (χ3v) is 5.42. The molecule has 0 aliphatic rings. The maximum Gasteiger partial charge on any atom is 0.328 e. The van der Waals surface area contributed by atoms with Crippen LogP contribution in [0.2, 0.25) is 0 Å². The molecule has 0 aliphatic carbocycles. The van der Waals surface area contributed by atoms with Gasteiger partial charge in [0.25, 0.3) is 5.91 Å². The Morgan fingerprint density at radius 1 is 0.903 bits per heavy atom. The average molecular weight is 547 g/mol. The van der Waals surface area contributed by atoms with Gasteiger partial charge in [0.15, 0.2) is 0 Å². The van der Waals surface area contributed by atoms with Crippen molar-refractivity contribution in [2.45, 2.75) is 19.1 Å². The fraction of sp³-hybridized carbons (Fsp3) is 0.167. The number of halogens is 2. The maximum atomic E-state index is 12.7. The summed E-state index contributed by atoms with van der Waals surface area (Å²) in [5, 5.41) is 2.77. The Morgan fingerprint density at radius 3 is 2.26 bits per heavy atom. The highest BCUT2D eigenvalue weighted by atomic mass is 79.9. The summed E-state index contributed by atoms with van der Waals surface area (Å²) in [6.45, 7) is 0.444. The van der Waals surface area contributed by atoms with E-state index in [2.05, 4.69) is 37.2 Å². The zero-order chi connectivity index (χ0) is 22.2. The average Bonchev–Trinajstić information content (AvgIpc) is 2.77. The zero-order valence-electron chi connectivity index (χ0n) is 16.8. The minimum absolute atomic E-state index is 0.274. The van der Waals surface area contributed by atoms with Gasteiger partial charge in [0, 0.05) is 20.9 Å². The molecule has 0 fully saturated rings. The van der Waals surface area contributed by atoms with Gasteiger partial charge in [-0.3, -0.25) is 4.79 Å². The number of hydrogen-bond donors (Lipinski definition) is 1. The van der Waals surface area contributed by atoms with Crippen LogP contribution in [0.3, 0.4) is 0 Å². The van der Waals surface area contributed by atoms with E-state index in [1.807, 2.05) is 60.7 Å². The molecule has 31 heavy (non-hydrogen) atoms. The van der Waals surface area contributed by atoms with Crippen LogP contribution in [0.15, 0.2) is 81.7 Å². The standard InChI is InChI=1S/C24H21Br2NO4/c1-30-24(29)22(27-23(28)18-12-19(25)14-20(26)13-18)11-17-8-5-9-21(10-17)31-15-16-6-3-2-4-7-16/h2-10,12-14,22H,11,15H2,1H3,(H,27,28)/t22-/m1/s1. The molecule has 1 N–H and O–H groups in total. The van der Waals surface area contributed by atoms with Crippen LogP contribution in [0, 0.1) is 0 Å². The fourth-order valence-electron chi connectivity index (χ4n) is 3.00. The second kappa shape index (κ2) is 11.1. The molecule has 0 unspecified atom stereocenters. The van der Waals surface area contributed by atoms with Crippen molar-refractivity contribution in [3.8, 4) is 5.75 Å². The third-order valence-electron chi connectivity index (χ3n) is 4.50. The molecule has 3 aromatic rings. The van der Waals surface area contributed by atoms with Crippen molar-refractivity contribution in [1.82, 2.24) is 5.32 Å². The molecule has 0 saturated carbocycles. The highest BCUT2D eigenvalue weighted by Crippen LogP contribution is 2.21. The van der Waals surface area contributed by atoms with Gasteiger partial charge in [-0.05, 0) is 41.5 Å². The normalized spacial score (nSPS) is 11.5. The number of methoxy groups -OCH3 is 1. The first kappa shape index (κ1) is 23.0. The Hall–Kier alpha value is -2.64. The molecule has 0 saturated heterocycles. The molecule has 5 nitrogen and oxygen atoms in total. The number of rotatable bonds is 8. The maximum absolute atomic E-state index is 12.7. The molecule has 3 aromatic carbocycles. The van der Waals surface area contributed by atoms with Gasteiger partial charge in [0.2, 0.25) is 0 Å². The number of esters is 1. The fourth-order valence-corrected chi connectivity index (χ4v) is 4.29. The van der Waals surface area contributed by atoms with E-state index in [1.165, 1.54) is 7.11 Å². The minimum Gasteiger partial charge on any atom is -0.489 e. The molecule has 0 aliphatic heterocycles. The molecule has 0 aromatic heterocycles. The van der Waals surface area contributed by atoms with E-state index >= 15 is 0 Å². The molecule has 0 spiro atoms. The monoisotopic (exact) mass is 545 g/mol. The van der Waals surface area contributed by atoms with Crippen LogP contribution in [-0.4, -0.2) is 25.0 Å². The van der Waals surface area contributed by atoms with E-state index in [9.17, 15) is 9.59 Å². The predicted octanol–water partition coefficient (Wildman–Crippen LogP) is 5.30. The quantitative estimate of drug-likeness (QED) is 0.389. The Labute approximate surface area is 198 Å². The van der Waals surface area contributed by atoms with Crippen LogP contribution in [0.1, 0.15) is 21.5 Å². The number of carbonyl (C=O) groups excluding carboxylic acids is 2. The van der Waals surface area contributed by atoms with Crippen molar-refractivity contribution in [1.29, 1.82) is 0 Å². The number of amides is 1. The summed E-state index contributed by atoms with van der Waals surface area (Å²) < 4.78 is 12.3. The van der Waals surface area contributed by atoms with Crippen molar-refractivity contribution in [3.05, 3.63) is 98.4 Å². The SMILES string of the molecule is COC(=O)[C@@H](Cc1cccc(OCc2ccccc2)c1)NC(=O)c1cc(Br)cc(Br)c1. The first-order valence-corrected chi connectivity index (χ1v) is 11.1. The highest BCUT2D eigenvalue weighted by molar-refractivity contribution is 9.11. The molecular weight excluding hydrogens is 526 g/mol. The largest absolute Gasteiger partial charge is 0.489 e.